The highest BCUT2D eigenvalue weighted by Crippen LogP contribution is 2.28. The zero-order valence-electron chi connectivity index (χ0n) is 12.3. The van der Waals surface area contributed by atoms with Crippen LogP contribution in [-0.4, -0.2) is 23.9 Å². The number of fused-ring (bicyclic) bond motifs is 1. The molecule has 1 atom stereocenters. The van der Waals surface area contributed by atoms with Gasteiger partial charge >= 0.3 is 0 Å². The normalized spacial score (nSPS) is 19.8. The van der Waals surface area contributed by atoms with Crippen LogP contribution >= 0.6 is 0 Å². The highest BCUT2D eigenvalue weighted by atomic mass is 16.3. The molecular formula is C16H21N3O2. The third-order valence-corrected chi connectivity index (χ3v) is 4.13. The van der Waals surface area contributed by atoms with Crippen LogP contribution in [0.5, 0.6) is 0 Å². The molecular weight excluding hydrogens is 266 g/mol. The Balaban J connectivity index is 1.95. The lowest BCUT2D eigenvalue weighted by atomic mass is 10.00. The lowest BCUT2D eigenvalue weighted by Gasteiger charge is -2.30. The molecule has 1 amide bonds. The van der Waals surface area contributed by atoms with Gasteiger partial charge in [0.2, 0.25) is 0 Å². The van der Waals surface area contributed by atoms with E-state index in [0.29, 0.717) is 23.8 Å². The molecule has 3 rings (SSSR count). The van der Waals surface area contributed by atoms with Gasteiger partial charge in [-0.1, -0.05) is 25.1 Å². The predicted octanol–water partition coefficient (Wildman–Crippen LogP) is 2.27. The van der Waals surface area contributed by atoms with E-state index in [1.807, 2.05) is 24.3 Å². The first-order valence-corrected chi connectivity index (χ1v) is 7.42. The van der Waals surface area contributed by atoms with Crippen molar-refractivity contribution in [1.29, 1.82) is 0 Å². The number of piperidine rings is 1. The summed E-state index contributed by atoms with van der Waals surface area (Å²) in [5, 5.41) is 0.820. The van der Waals surface area contributed by atoms with Crippen molar-refractivity contribution in [2.24, 2.45) is 11.8 Å². The Bertz CT molecular complexity index is 650. The van der Waals surface area contributed by atoms with Crippen LogP contribution in [0.4, 0.5) is 0 Å². The molecule has 5 heteroatoms. The molecule has 0 saturated carbocycles. The second kappa shape index (κ2) is 5.87. The van der Waals surface area contributed by atoms with E-state index in [1.165, 1.54) is 12.8 Å². The van der Waals surface area contributed by atoms with E-state index in [1.54, 1.807) is 0 Å². The number of para-hydroxylation sites is 1. The van der Waals surface area contributed by atoms with Gasteiger partial charge in [-0.3, -0.25) is 15.1 Å². The van der Waals surface area contributed by atoms with Gasteiger partial charge < -0.3 is 4.42 Å². The van der Waals surface area contributed by atoms with Crippen LogP contribution < -0.4 is 11.3 Å². The smallest absolute Gasteiger partial charge is 0.269 e. The first-order chi connectivity index (χ1) is 10.2. The minimum absolute atomic E-state index is 0.292. The monoisotopic (exact) mass is 287 g/mol. The molecule has 1 saturated heterocycles. The molecule has 1 aliphatic heterocycles. The number of amides is 1. The van der Waals surface area contributed by atoms with Crippen molar-refractivity contribution in [3.63, 3.8) is 0 Å². The summed E-state index contributed by atoms with van der Waals surface area (Å²) in [4.78, 5) is 14.4. The van der Waals surface area contributed by atoms with Gasteiger partial charge in [0.05, 0.1) is 12.1 Å². The Morgan fingerprint density at radius 3 is 3.05 bits per heavy atom. The molecule has 1 aliphatic rings. The number of nitrogens with two attached hydrogens (primary N) is 1. The minimum Gasteiger partial charge on any atom is -0.459 e. The molecule has 1 unspecified atom stereocenters. The highest BCUT2D eigenvalue weighted by molar-refractivity contribution is 6.07. The molecule has 1 aromatic heterocycles. The highest BCUT2D eigenvalue weighted by Gasteiger charge is 2.24. The molecule has 2 aromatic rings. The van der Waals surface area contributed by atoms with Gasteiger partial charge in [-0.2, -0.15) is 0 Å². The van der Waals surface area contributed by atoms with E-state index in [-0.39, 0.29) is 5.91 Å². The Kier molecular flexibility index (Phi) is 3.94. The minimum atomic E-state index is -0.292. The first kappa shape index (κ1) is 14.1. The summed E-state index contributed by atoms with van der Waals surface area (Å²) in [5.74, 6) is 6.42. The lowest BCUT2D eigenvalue weighted by Crippen LogP contribution is -2.35. The second-order valence-corrected chi connectivity index (χ2v) is 5.85. The molecule has 1 fully saturated rings. The zero-order valence-corrected chi connectivity index (χ0v) is 12.3. The average molecular weight is 287 g/mol. The molecule has 5 nitrogen and oxygen atoms in total. The third kappa shape index (κ3) is 2.80. The quantitative estimate of drug-likeness (QED) is 0.516. The number of furan rings is 1. The van der Waals surface area contributed by atoms with Crippen molar-refractivity contribution in [3.05, 3.63) is 35.6 Å². The van der Waals surface area contributed by atoms with Crippen LogP contribution in [0.25, 0.3) is 11.0 Å². The van der Waals surface area contributed by atoms with Gasteiger partial charge in [-0.05, 0) is 31.4 Å². The standard InChI is InChI=1S/C16H21N3O2/c1-11-5-4-8-19(9-11)10-14-15(16(20)18-17)12-6-2-3-7-13(12)21-14/h2-3,6-7,11H,4-5,8-10,17H2,1H3,(H,18,20). The molecule has 112 valence electrons. The average Bonchev–Trinajstić information content (AvgIpc) is 2.84. The number of nitrogens with one attached hydrogen (secondary N) is 1. The summed E-state index contributed by atoms with van der Waals surface area (Å²) in [7, 11) is 0. The molecule has 0 bridgehead atoms. The maximum atomic E-state index is 12.1. The van der Waals surface area contributed by atoms with E-state index < -0.39 is 0 Å². The maximum Gasteiger partial charge on any atom is 0.269 e. The number of carbonyl (C=O) groups is 1. The number of nitrogen functional groups attached to an aromatic ring is 1. The SMILES string of the molecule is CC1CCCN(Cc2oc3ccccc3c2C(=O)NN)C1. The van der Waals surface area contributed by atoms with Crippen molar-refractivity contribution in [1.82, 2.24) is 10.3 Å². The van der Waals surface area contributed by atoms with Crippen LogP contribution in [0.1, 0.15) is 35.9 Å². The van der Waals surface area contributed by atoms with Crippen LogP contribution in [0.2, 0.25) is 0 Å². The van der Waals surface area contributed by atoms with Gasteiger partial charge in [0.25, 0.3) is 5.91 Å². The number of nitrogens with zero attached hydrogens (tertiary/aromatic N) is 1. The van der Waals surface area contributed by atoms with Gasteiger partial charge in [0.15, 0.2) is 0 Å². The van der Waals surface area contributed by atoms with Crippen LogP contribution in [0.15, 0.2) is 28.7 Å². The third-order valence-electron chi connectivity index (χ3n) is 4.13. The number of likely N-dealkylation sites (tertiary alicyclic amines) is 1. The lowest BCUT2D eigenvalue weighted by molar-refractivity contribution is 0.0949. The fourth-order valence-corrected chi connectivity index (χ4v) is 3.16. The number of rotatable bonds is 3. The van der Waals surface area contributed by atoms with E-state index in [2.05, 4.69) is 17.2 Å². The Morgan fingerprint density at radius 1 is 1.48 bits per heavy atom. The van der Waals surface area contributed by atoms with Gasteiger partial charge in [-0.25, -0.2) is 5.84 Å². The van der Waals surface area contributed by atoms with Crippen molar-refractivity contribution in [2.75, 3.05) is 13.1 Å². The molecule has 2 heterocycles. The summed E-state index contributed by atoms with van der Waals surface area (Å²) in [6, 6.07) is 7.58. The number of hydrazine groups is 1. The van der Waals surface area contributed by atoms with Crippen molar-refractivity contribution in [3.8, 4) is 0 Å². The second-order valence-electron chi connectivity index (χ2n) is 5.85. The topological polar surface area (TPSA) is 71.5 Å². The summed E-state index contributed by atoms with van der Waals surface area (Å²) in [6.07, 6.45) is 2.46. The fraction of sp³-hybridized carbons (Fsp3) is 0.438. The van der Waals surface area contributed by atoms with E-state index in [4.69, 9.17) is 10.3 Å². The van der Waals surface area contributed by atoms with E-state index >= 15 is 0 Å². The molecule has 21 heavy (non-hydrogen) atoms. The molecule has 1 aromatic carbocycles. The van der Waals surface area contributed by atoms with Crippen LogP contribution in [0, 0.1) is 5.92 Å². The van der Waals surface area contributed by atoms with Gasteiger partial charge in [0.1, 0.15) is 11.3 Å². The summed E-state index contributed by atoms with van der Waals surface area (Å²) in [5.41, 5.74) is 3.52. The number of hydrogen-bond donors (Lipinski definition) is 2. The van der Waals surface area contributed by atoms with Gasteiger partial charge in [0, 0.05) is 11.9 Å². The van der Waals surface area contributed by atoms with Crippen molar-refractivity contribution in [2.45, 2.75) is 26.3 Å². The first-order valence-electron chi connectivity index (χ1n) is 7.42. The zero-order chi connectivity index (χ0) is 14.8. The summed E-state index contributed by atoms with van der Waals surface area (Å²) >= 11 is 0. The number of hydrogen-bond acceptors (Lipinski definition) is 4. The Labute approximate surface area is 124 Å². The molecule has 0 spiro atoms. The summed E-state index contributed by atoms with van der Waals surface area (Å²) in [6.45, 7) is 5.01. The van der Waals surface area contributed by atoms with Crippen molar-refractivity contribution < 1.29 is 9.21 Å². The molecule has 3 N–H and O–H groups in total. The Hall–Kier alpha value is -1.85. The fourth-order valence-electron chi connectivity index (χ4n) is 3.16. The van der Waals surface area contributed by atoms with Crippen LogP contribution in [-0.2, 0) is 6.54 Å². The number of benzene rings is 1. The molecule has 0 radical (unpaired) electrons. The van der Waals surface area contributed by atoms with E-state index in [0.717, 1.165) is 24.1 Å². The van der Waals surface area contributed by atoms with Crippen molar-refractivity contribution >= 4 is 16.9 Å². The summed E-state index contributed by atoms with van der Waals surface area (Å²) < 4.78 is 5.90. The van der Waals surface area contributed by atoms with E-state index in [9.17, 15) is 4.79 Å². The van der Waals surface area contributed by atoms with Gasteiger partial charge in [-0.15, -0.1) is 0 Å². The Morgan fingerprint density at radius 2 is 2.29 bits per heavy atom. The predicted molar refractivity (Wildman–Crippen MR) is 81.5 cm³/mol. The van der Waals surface area contributed by atoms with Crippen LogP contribution in [0.3, 0.4) is 0 Å². The maximum absolute atomic E-state index is 12.1. The largest absolute Gasteiger partial charge is 0.459 e. The molecule has 0 aliphatic carbocycles. The number of carbonyl (C=O) groups excluding carboxylic acids is 1.